The minimum Gasteiger partial charge on any atom is -0.322 e. The number of amides is 1. The number of anilines is 1. The maximum absolute atomic E-state index is 12.5. The highest BCUT2D eigenvalue weighted by molar-refractivity contribution is 6.21. The molecule has 2 rings (SSSR count). The monoisotopic (exact) mass is 303 g/mol. The molecule has 1 heterocycles. The van der Waals surface area contributed by atoms with Gasteiger partial charge in [-0.25, -0.2) is 0 Å². The van der Waals surface area contributed by atoms with Gasteiger partial charge in [-0.15, -0.1) is 11.6 Å². The van der Waals surface area contributed by atoms with Crippen molar-refractivity contribution in [3.8, 4) is 0 Å². The van der Waals surface area contributed by atoms with Gasteiger partial charge in [-0.2, -0.15) is 10.2 Å². The maximum atomic E-state index is 12.5. The van der Waals surface area contributed by atoms with Crippen LogP contribution < -0.4 is 5.32 Å². The second kappa shape index (κ2) is 6.68. The van der Waals surface area contributed by atoms with Crippen LogP contribution in [0.25, 0.3) is 0 Å². The van der Waals surface area contributed by atoms with Gasteiger partial charge in [0.15, 0.2) is 0 Å². The molecule has 4 nitrogen and oxygen atoms in total. The number of benzene rings is 1. The van der Waals surface area contributed by atoms with Crippen LogP contribution in [0, 0.1) is 6.92 Å². The van der Waals surface area contributed by atoms with Crippen LogP contribution in [0.4, 0.5) is 5.69 Å². The van der Waals surface area contributed by atoms with E-state index in [4.69, 9.17) is 11.6 Å². The molecule has 0 saturated carbocycles. The molecule has 0 spiro atoms. The third-order valence-electron chi connectivity index (χ3n) is 3.21. The number of alkyl halides is 1. The third kappa shape index (κ3) is 3.58. The summed E-state index contributed by atoms with van der Waals surface area (Å²) >= 11 is 6.15. The first-order valence-corrected chi connectivity index (χ1v) is 7.34. The fourth-order valence-electron chi connectivity index (χ4n) is 2.12. The molecule has 0 radical (unpaired) electrons. The molecule has 2 aromatic rings. The Kier molecular flexibility index (Phi) is 4.91. The number of carbonyl (C=O) groups excluding carboxylic acids is 1. The Labute approximate surface area is 129 Å². The van der Waals surface area contributed by atoms with E-state index in [-0.39, 0.29) is 11.3 Å². The quantitative estimate of drug-likeness (QED) is 0.872. The predicted octanol–water partition coefficient (Wildman–Crippen LogP) is 3.90. The number of nitrogens with one attached hydrogen (secondary N) is 1. The number of hydrogen-bond acceptors (Lipinski definition) is 3. The first kappa shape index (κ1) is 15.4. The largest absolute Gasteiger partial charge is 0.322 e. The standard InChI is InChI=1S/C16H18ClN3O/c1-4-14-13(9-10(2)19-20-14)16(21)18-15-8-6-5-7-12(15)11(3)17/h5-9,11H,4H2,1-3H3,(H,18,21). The number of rotatable bonds is 4. The average molecular weight is 304 g/mol. The summed E-state index contributed by atoms with van der Waals surface area (Å²) in [6.07, 6.45) is 0.656. The van der Waals surface area contributed by atoms with Crippen LogP contribution in [-0.4, -0.2) is 16.1 Å². The Morgan fingerprint density at radius 3 is 2.71 bits per heavy atom. The fraction of sp³-hybridized carbons (Fsp3) is 0.312. The van der Waals surface area contributed by atoms with E-state index in [1.54, 1.807) is 6.07 Å². The molecule has 21 heavy (non-hydrogen) atoms. The van der Waals surface area contributed by atoms with Crippen molar-refractivity contribution in [3.63, 3.8) is 0 Å². The van der Waals surface area contributed by atoms with Crippen LogP contribution in [-0.2, 0) is 6.42 Å². The van der Waals surface area contributed by atoms with Crippen LogP contribution in [0.5, 0.6) is 0 Å². The Balaban J connectivity index is 2.33. The number of carbonyl (C=O) groups is 1. The summed E-state index contributed by atoms with van der Waals surface area (Å²) < 4.78 is 0. The van der Waals surface area contributed by atoms with Crippen molar-refractivity contribution in [2.75, 3.05) is 5.32 Å². The summed E-state index contributed by atoms with van der Waals surface area (Å²) in [7, 11) is 0. The summed E-state index contributed by atoms with van der Waals surface area (Å²) in [4.78, 5) is 12.5. The second-order valence-electron chi connectivity index (χ2n) is 4.86. The highest BCUT2D eigenvalue weighted by Gasteiger charge is 2.15. The molecule has 0 fully saturated rings. The van der Waals surface area contributed by atoms with Crippen LogP contribution >= 0.6 is 11.6 Å². The summed E-state index contributed by atoms with van der Waals surface area (Å²) in [5.41, 5.74) is 3.58. The van der Waals surface area contributed by atoms with Gasteiger partial charge in [-0.3, -0.25) is 4.79 Å². The average Bonchev–Trinajstić information content (AvgIpc) is 2.47. The zero-order chi connectivity index (χ0) is 15.4. The van der Waals surface area contributed by atoms with Gasteiger partial charge in [-0.1, -0.05) is 25.1 Å². The zero-order valence-corrected chi connectivity index (χ0v) is 13.1. The topological polar surface area (TPSA) is 54.9 Å². The van der Waals surface area contributed by atoms with Gasteiger partial charge >= 0.3 is 0 Å². The molecule has 0 bridgehead atoms. The van der Waals surface area contributed by atoms with Crippen LogP contribution in [0.2, 0.25) is 0 Å². The molecule has 0 saturated heterocycles. The number of nitrogens with zero attached hydrogens (tertiary/aromatic N) is 2. The Hall–Kier alpha value is -1.94. The van der Waals surface area contributed by atoms with Crippen molar-refractivity contribution in [2.45, 2.75) is 32.6 Å². The maximum Gasteiger partial charge on any atom is 0.257 e. The molecule has 1 unspecified atom stereocenters. The van der Waals surface area contributed by atoms with E-state index in [9.17, 15) is 4.79 Å². The SMILES string of the molecule is CCc1nnc(C)cc1C(=O)Nc1ccccc1C(C)Cl. The number of aryl methyl sites for hydroxylation is 2. The lowest BCUT2D eigenvalue weighted by atomic mass is 10.1. The first-order chi connectivity index (χ1) is 10.0. The van der Waals surface area contributed by atoms with Crippen LogP contribution in [0.15, 0.2) is 30.3 Å². The van der Waals surface area contributed by atoms with Gasteiger partial charge in [0.2, 0.25) is 0 Å². The molecule has 1 N–H and O–H groups in total. The van der Waals surface area contributed by atoms with E-state index in [1.807, 2.05) is 45.0 Å². The molecule has 1 aromatic heterocycles. The Morgan fingerprint density at radius 2 is 2.05 bits per heavy atom. The van der Waals surface area contributed by atoms with Crippen molar-refractivity contribution in [1.82, 2.24) is 10.2 Å². The van der Waals surface area contributed by atoms with Gasteiger partial charge in [-0.05, 0) is 38.0 Å². The van der Waals surface area contributed by atoms with E-state index >= 15 is 0 Å². The van der Waals surface area contributed by atoms with Crippen molar-refractivity contribution < 1.29 is 4.79 Å². The van der Waals surface area contributed by atoms with E-state index in [2.05, 4.69) is 15.5 Å². The molecule has 5 heteroatoms. The minimum atomic E-state index is -0.186. The van der Waals surface area contributed by atoms with E-state index in [0.29, 0.717) is 17.7 Å². The molecule has 0 aliphatic rings. The molecule has 1 amide bonds. The summed E-state index contributed by atoms with van der Waals surface area (Å²) in [6, 6.07) is 9.28. The second-order valence-corrected chi connectivity index (χ2v) is 5.51. The molecule has 1 atom stereocenters. The molecule has 1 aromatic carbocycles. The van der Waals surface area contributed by atoms with E-state index in [1.165, 1.54) is 0 Å². The summed E-state index contributed by atoms with van der Waals surface area (Å²) in [5.74, 6) is -0.186. The summed E-state index contributed by atoms with van der Waals surface area (Å²) in [6.45, 7) is 5.64. The van der Waals surface area contributed by atoms with Gasteiger partial charge < -0.3 is 5.32 Å². The third-order valence-corrected chi connectivity index (χ3v) is 3.44. The number of para-hydroxylation sites is 1. The molecular weight excluding hydrogens is 286 g/mol. The lowest BCUT2D eigenvalue weighted by molar-refractivity contribution is 0.102. The van der Waals surface area contributed by atoms with Gasteiger partial charge in [0.05, 0.1) is 22.3 Å². The lowest BCUT2D eigenvalue weighted by Gasteiger charge is -2.13. The minimum absolute atomic E-state index is 0.176. The number of halogens is 1. The zero-order valence-electron chi connectivity index (χ0n) is 12.4. The number of aromatic nitrogens is 2. The van der Waals surface area contributed by atoms with Crippen molar-refractivity contribution in [3.05, 3.63) is 52.8 Å². The highest BCUT2D eigenvalue weighted by atomic mass is 35.5. The normalized spacial score (nSPS) is 12.0. The highest BCUT2D eigenvalue weighted by Crippen LogP contribution is 2.27. The predicted molar refractivity (Wildman–Crippen MR) is 84.8 cm³/mol. The Morgan fingerprint density at radius 1 is 1.33 bits per heavy atom. The smallest absolute Gasteiger partial charge is 0.257 e. The fourth-order valence-corrected chi connectivity index (χ4v) is 2.31. The van der Waals surface area contributed by atoms with Gasteiger partial charge in [0, 0.05) is 5.69 Å². The van der Waals surface area contributed by atoms with Gasteiger partial charge in [0.25, 0.3) is 5.91 Å². The van der Waals surface area contributed by atoms with Crippen molar-refractivity contribution in [1.29, 1.82) is 0 Å². The lowest BCUT2D eigenvalue weighted by Crippen LogP contribution is -2.17. The van der Waals surface area contributed by atoms with E-state index in [0.717, 1.165) is 16.9 Å². The summed E-state index contributed by atoms with van der Waals surface area (Å²) in [5, 5.41) is 10.8. The first-order valence-electron chi connectivity index (χ1n) is 6.90. The molecule has 0 aliphatic heterocycles. The van der Waals surface area contributed by atoms with E-state index < -0.39 is 0 Å². The van der Waals surface area contributed by atoms with Crippen LogP contribution in [0.1, 0.15) is 46.5 Å². The molecular formula is C16H18ClN3O. The van der Waals surface area contributed by atoms with Crippen molar-refractivity contribution >= 4 is 23.2 Å². The molecule has 110 valence electrons. The van der Waals surface area contributed by atoms with Gasteiger partial charge in [0.1, 0.15) is 0 Å². The number of hydrogen-bond donors (Lipinski definition) is 1. The van der Waals surface area contributed by atoms with Crippen LogP contribution in [0.3, 0.4) is 0 Å². The molecule has 0 aliphatic carbocycles. The van der Waals surface area contributed by atoms with Crippen molar-refractivity contribution in [2.24, 2.45) is 0 Å². The Bertz CT molecular complexity index is 656.